The molecule has 3 aromatic rings. The number of amides is 1. The van der Waals surface area contributed by atoms with Gasteiger partial charge < -0.3 is 20.6 Å². The minimum Gasteiger partial charge on any atom is -0.504 e. The molecule has 4 rings (SSSR count). The number of rotatable bonds is 7. The number of carbonyl (C=O) groups is 1. The van der Waals surface area contributed by atoms with E-state index in [1.165, 1.54) is 16.5 Å². The Balaban J connectivity index is 1.53. The molecule has 1 aromatic carbocycles. The van der Waals surface area contributed by atoms with Crippen LogP contribution in [0.15, 0.2) is 47.4 Å². The highest BCUT2D eigenvalue weighted by Crippen LogP contribution is 2.39. The second kappa shape index (κ2) is 9.94. The number of aromatic nitrogens is 2. The third-order valence-corrected chi connectivity index (χ3v) is 6.52. The van der Waals surface area contributed by atoms with Crippen LogP contribution in [0.25, 0.3) is 5.65 Å². The third-order valence-electron chi connectivity index (χ3n) is 6.52. The summed E-state index contributed by atoms with van der Waals surface area (Å²) >= 11 is 0. The number of aromatic hydroxyl groups is 3. The van der Waals surface area contributed by atoms with Crippen molar-refractivity contribution in [3.63, 3.8) is 0 Å². The first-order valence-electron chi connectivity index (χ1n) is 11.4. The van der Waals surface area contributed by atoms with E-state index in [1.807, 2.05) is 0 Å². The van der Waals surface area contributed by atoms with Crippen molar-refractivity contribution in [3.8, 4) is 17.4 Å². The van der Waals surface area contributed by atoms with E-state index in [9.17, 15) is 24.9 Å². The molecule has 1 amide bonds. The highest BCUT2D eigenvalue weighted by molar-refractivity contribution is 5.77. The van der Waals surface area contributed by atoms with Gasteiger partial charge in [-0.2, -0.15) is 4.98 Å². The number of hydrogen-bond donors (Lipinski definition) is 4. The number of fused-ring (bicyclic) bond motifs is 1. The van der Waals surface area contributed by atoms with Gasteiger partial charge in [0.15, 0.2) is 11.5 Å². The number of pyridine rings is 1. The van der Waals surface area contributed by atoms with Crippen molar-refractivity contribution >= 4 is 11.6 Å². The molecule has 0 spiro atoms. The zero-order valence-corrected chi connectivity index (χ0v) is 18.4. The van der Waals surface area contributed by atoms with E-state index in [-0.39, 0.29) is 46.7 Å². The minimum absolute atomic E-state index is 0.0921. The Morgan fingerprint density at radius 3 is 2.64 bits per heavy atom. The summed E-state index contributed by atoms with van der Waals surface area (Å²) in [5.41, 5.74) is 1.03. The molecule has 1 saturated carbocycles. The predicted molar refractivity (Wildman–Crippen MR) is 124 cm³/mol. The van der Waals surface area contributed by atoms with E-state index >= 15 is 0 Å². The first-order chi connectivity index (χ1) is 15.9. The predicted octanol–water partition coefficient (Wildman–Crippen LogP) is 3.22. The lowest BCUT2D eigenvalue weighted by Crippen LogP contribution is -2.32. The Kier molecular flexibility index (Phi) is 6.82. The van der Waals surface area contributed by atoms with Crippen molar-refractivity contribution in [1.29, 1.82) is 0 Å². The average Bonchev–Trinajstić information content (AvgIpc) is 2.81. The standard InChI is InChI=1S/C25H29N3O5/c29-19-10-9-16(14-20(19)30)11-12-26-22(31)15-18(17-6-2-1-3-7-17)23-24(32)27-21-8-4-5-13-28(21)25(23)33/h4-5,8-10,13-14,17-18,29-30,32H,1-3,6-7,11-12,15H2,(H,26,31)/t18-/m0/s1. The van der Waals surface area contributed by atoms with Gasteiger partial charge in [-0.3, -0.25) is 14.0 Å². The van der Waals surface area contributed by atoms with Gasteiger partial charge in [-0.05, 0) is 55.0 Å². The number of hydrogen-bond acceptors (Lipinski definition) is 6. The lowest BCUT2D eigenvalue weighted by Gasteiger charge is -2.30. The Morgan fingerprint density at radius 1 is 1.09 bits per heavy atom. The highest BCUT2D eigenvalue weighted by Gasteiger charge is 2.32. The normalized spacial score (nSPS) is 15.4. The van der Waals surface area contributed by atoms with Gasteiger partial charge in [0.1, 0.15) is 5.65 Å². The van der Waals surface area contributed by atoms with Crippen molar-refractivity contribution in [1.82, 2.24) is 14.7 Å². The number of benzene rings is 1. The molecule has 2 heterocycles. The third kappa shape index (κ3) is 5.10. The summed E-state index contributed by atoms with van der Waals surface area (Å²) in [6, 6.07) is 9.71. The van der Waals surface area contributed by atoms with Crippen LogP contribution in [0.5, 0.6) is 17.4 Å². The Hall–Kier alpha value is -3.55. The van der Waals surface area contributed by atoms with Crippen LogP contribution in [0, 0.1) is 5.92 Å². The first kappa shape index (κ1) is 22.6. The van der Waals surface area contributed by atoms with E-state index < -0.39 is 5.92 Å². The van der Waals surface area contributed by atoms with Crippen molar-refractivity contribution < 1.29 is 20.1 Å². The second-order valence-corrected chi connectivity index (χ2v) is 8.71. The van der Waals surface area contributed by atoms with Crippen LogP contribution in [0.3, 0.4) is 0 Å². The van der Waals surface area contributed by atoms with Crippen molar-refractivity contribution in [2.45, 2.75) is 50.9 Å². The molecule has 1 aliphatic rings. The molecule has 1 fully saturated rings. The molecule has 4 N–H and O–H groups in total. The summed E-state index contributed by atoms with van der Waals surface area (Å²) in [6.45, 7) is 0.349. The smallest absolute Gasteiger partial charge is 0.265 e. The zero-order valence-electron chi connectivity index (χ0n) is 18.4. The summed E-state index contributed by atoms with van der Waals surface area (Å²) in [5.74, 6) is -1.18. The number of phenolic OH excluding ortho intramolecular Hbond substituents is 2. The SMILES string of the molecule is O=C(C[C@H](c1c(O)nc2ccccn2c1=O)C1CCCCC1)NCCc1ccc(O)c(O)c1. The van der Waals surface area contributed by atoms with Gasteiger partial charge in [0.25, 0.3) is 5.56 Å². The quantitative estimate of drug-likeness (QED) is 0.409. The molecular weight excluding hydrogens is 422 g/mol. The number of nitrogens with one attached hydrogen (secondary N) is 1. The highest BCUT2D eigenvalue weighted by atomic mass is 16.3. The van der Waals surface area contributed by atoms with Gasteiger partial charge >= 0.3 is 0 Å². The van der Waals surface area contributed by atoms with Gasteiger partial charge in [-0.25, -0.2) is 0 Å². The molecular formula is C25H29N3O5. The van der Waals surface area contributed by atoms with Crippen LogP contribution in [-0.4, -0.2) is 37.2 Å². The van der Waals surface area contributed by atoms with Crippen LogP contribution >= 0.6 is 0 Å². The van der Waals surface area contributed by atoms with E-state index in [1.54, 1.807) is 30.5 Å². The number of carbonyl (C=O) groups excluding carboxylic acids is 1. The van der Waals surface area contributed by atoms with Crippen molar-refractivity contribution in [3.05, 3.63) is 64.1 Å². The fourth-order valence-corrected chi connectivity index (χ4v) is 4.80. The van der Waals surface area contributed by atoms with Crippen LogP contribution in [0.2, 0.25) is 0 Å². The summed E-state index contributed by atoms with van der Waals surface area (Å²) in [4.78, 5) is 30.3. The average molecular weight is 452 g/mol. The fourth-order valence-electron chi connectivity index (χ4n) is 4.80. The topological polar surface area (TPSA) is 124 Å². The Bertz CT molecular complexity index is 1200. The molecule has 2 aromatic heterocycles. The largest absolute Gasteiger partial charge is 0.504 e. The Morgan fingerprint density at radius 2 is 1.88 bits per heavy atom. The maximum Gasteiger partial charge on any atom is 0.265 e. The monoisotopic (exact) mass is 451 g/mol. The molecule has 174 valence electrons. The van der Waals surface area contributed by atoms with Gasteiger partial charge in [0, 0.05) is 25.1 Å². The summed E-state index contributed by atoms with van der Waals surface area (Å²) in [7, 11) is 0. The minimum atomic E-state index is -0.417. The molecule has 0 unspecified atom stereocenters. The molecule has 1 aliphatic carbocycles. The lowest BCUT2D eigenvalue weighted by atomic mass is 9.75. The van der Waals surface area contributed by atoms with Crippen LogP contribution in [-0.2, 0) is 11.2 Å². The molecule has 8 nitrogen and oxygen atoms in total. The molecule has 8 heteroatoms. The van der Waals surface area contributed by atoms with Crippen LogP contribution in [0.1, 0.15) is 55.6 Å². The van der Waals surface area contributed by atoms with Gasteiger partial charge in [0.2, 0.25) is 11.8 Å². The van der Waals surface area contributed by atoms with E-state index in [2.05, 4.69) is 10.3 Å². The Labute approximate surface area is 191 Å². The van der Waals surface area contributed by atoms with E-state index in [0.29, 0.717) is 18.6 Å². The summed E-state index contributed by atoms with van der Waals surface area (Å²) < 4.78 is 1.42. The van der Waals surface area contributed by atoms with Crippen LogP contribution in [0.4, 0.5) is 0 Å². The lowest BCUT2D eigenvalue weighted by molar-refractivity contribution is -0.121. The van der Waals surface area contributed by atoms with Gasteiger partial charge in [-0.1, -0.05) is 31.4 Å². The van der Waals surface area contributed by atoms with E-state index in [0.717, 1.165) is 37.7 Å². The maximum atomic E-state index is 13.3. The fraction of sp³-hybridized carbons (Fsp3) is 0.400. The van der Waals surface area contributed by atoms with Gasteiger partial charge in [0.05, 0.1) is 5.56 Å². The molecule has 0 radical (unpaired) electrons. The summed E-state index contributed by atoms with van der Waals surface area (Å²) in [5, 5.41) is 32.6. The first-order valence-corrected chi connectivity index (χ1v) is 11.4. The molecule has 33 heavy (non-hydrogen) atoms. The zero-order chi connectivity index (χ0) is 23.4. The summed E-state index contributed by atoms with van der Waals surface area (Å²) in [6.07, 6.45) is 7.22. The molecule has 0 saturated heterocycles. The van der Waals surface area contributed by atoms with Gasteiger partial charge in [-0.15, -0.1) is 0 Å². The second-order valence-electron chi connectivity index (χ2n) is 8.71. The molecule has 0 aliphatic heterocycles. The van der Waals surface area contributed by atoms with E-state index in [4.69, 9.17) is 0 Å². The van der Waals surface area contributed by atoms with Crippen molar-refractivity contribution in [2.24, 2.45) is 5.92 Å². The number of nitrogens with zero attached hydrogens (tertiary/aromatic N) is 2. The van der Waals surface area contributed by atoms with Crippen LogP contribution < -0.4 is 10.9 Å². The molecule has 0 bridgehead atoms. The van der Waals surface area contributed by atoms with Crippen molar-refractivity contribution in [2.75, 3.05) is 6.54 Å². The number of phenols is 2. The molecule has 1 atom stereocenters. The maximum absolute atomic E-state index is 13.3.